The van der Waals surface area contributed by atoms with Crippen molar-refractivity contribution in [2.45, 2.75) is 44.6 Å². The predicted octanol–water partition coefficient (Wildman–Crippen LogP) is 1.86. The molecule has 14 heavy (non-hydrogen) atoms. The SMILES string of the molecule is CNCC1(CN(C)C2CCC2)CCC1. The van der Waals surface area contributed by atoms with Gasteiger partial charge in [-0.15, -0.1) is 0 Å². The zero-order valence-corrected chi connectivity index (χ0v) is 9.68. The number of rotatable bonds is 5. The van der Waals surface area contributed by atoms with Crippen LogP contribution in [-0.2, 0) is 0 Å². The van der Waals surface area contributed by atoms with E-state index in [1.54, 1.807) is 0 Å². The second kappa shape index (κ2) is 4.19. The molecule has 2 aliphatic carbocycles. The lowest BCUT2D eigenvalue weighted by atomic mass is 9.68. The minimum Gasteiger partial charge on any atom is -0.319 e. The average molecular weight is 196 g/mol. The van der Waals surface area contributed by atoms with Crippen LogP contribution >= 0.6 is 0 Å². The second-order valence-corrected chi connectivity index (χ2v) is 5.38. The summed E-state index contributed by atoms with van der Waals surface area (Å²) in [7, 11) is 4.41. The molecule has 82 valence electrons. The van der Waals surface area contributed by atoms with Crippen LogP contribution in [0.5, 0.6) is 0 Å². The van der Waals surface area contributed by atoms with Crippen LogP contribution in [0, 0.1) is 5.41 Å². The molecule has 0 unspecified atom stereocenters. The van der Waals surface area contributed by atoms with E-state index in [0.29, 0.717) is 5.41 Å². The number of hydrogen-bond acceptors (Lipinski definition) is 2. The van der Waals surface area contributed by atoms with Crippen LogP contribution in [0.1, 0.15) is 38.5 Å². The first kappa shape index (κ1) is 10.4. The summed E-state index contributed by atoms with van der Waals surface area (Å²) >= 11 is 0. The quantitative estimate of drug-likeness (QED) is 0.722. The fourth-order valence-electron chi connectivity index (χ4n) is 2.93. The lowest BCUT2D eigenvalue weighted by Crippen LogP contribution is -2.50. The Balaban J connectivity index is 1.80. The molecule has 2 aliphatic rings. The topological polar surface area (TPSA) is 15.3 Å². The van der Waals surface area contributed by atoms with Gasteiger partial charge in [-0.25, -0.2) is 0 Å². The van der Waals surface area contributed by atoms with Gasteiger partial charge in [0.2, 0.25) is 0 Å². The number of nitrogens with one attached hydrogen (secondary N) is 1. The Morgan fingerprint density at radius 2 is 2.00 bits per heavy atom. The van der Waals surface area contributed by atoms with Crippen molar-refractivity contribution in [2.24, 2.45) is 5.41 Å². The number of hydrogen-bond donors (Lipinski definition) is 1. The van der Waals surface area contributed by atoms with Crippen molar-refractivity contribution < 1.29 is 0 Å². The van der Waals surface area contributed by atoms with Gasteiger partial charge in [-0.1, -0.05) is 12.8 Å². The van der Waals surface area contributed by atoms with Crippen molar-refractivity contribution >= 4 is 0 Å². The van der Waals surface area contributed by atoms with Gasteiger partial charge in [0.1, 0.15) is 0 Å². The zero-order valence-electron chi connectivity index (χ0n) is 9.68. The summed E-state index contributed by atoms with van der Waals surface area (Å²) in [6, 6.07) is 0.907. The molecule has 0 aromatic carbocycles. The zero-order chi connectivity index (χ0) is 10.0. The molecular formula is C12H24N2. The van der Waals surface area contributed by atoms with Gasteiger partial charge < -0.3 is 10.2 Å². The van der Waals surface area contributed by atoms with E-state index in [-0.39, 0.29) is 0 Å². The highest BCUT2D eigenvalue weighted by atomic mass is 15.1. The van der Waals surface area contributed by atoms with Gasteiger partial charge in [0, 0.05) is 19.1 Å². The van der Waals surface area contributed by atoms with E-state index in [0.717, 1.165) is 6.04 Å². The fraction of sp³-hybridized carbons (Fsp3) is 1.00. The van der Waals surface area contributed by atoms with Gasteiger partial charge in [0.05, 0.1) is 0 Å². The van der Waals surface area contributed by atoms with Crippen LogP contribution in [0.25, 0.3) is 0 Å². The van der Waals surface area contributed by atoms with E-state index < -0.39 is 0 Å². The molecule has 0 aromatic rings. The Bertz CT molecular complexity index is 183. The minimum absolute atomic E-state index is 0.624. The highest BCUT2D eigenvalue weighted by Crippen LogP contribution is 2.42. The Morgan fingerprint density at radius 1 is 1.29 bits per heavy atom. The van der Waals surface area contributed by atoms with Gasteiger partial charge in [0.25, 0.3) is 0 Å². The van der Waals surface area contributed by atoms with Crippen molar-refractivity contribution in [1.82, 2.24) is 10.2 Å². The maximum absolute atomic E-state index is 3.36. The van der Waals surface area contributed by atoms with Gasteiger partial charge in [0.15, 0.2) is 0 Å². The minimum atomic E-state index is 0.624. The third kappa shape index (κ3) is 1.96. The molecule has 0 heterocycles. The maximum Gasteiger partial charge on any atom is 0.00924 e. The normalized spacial score (nSPS) is 25.9. The molecule has 0 atom stereocenters. The van der Waals surface area contributed by atoms with Crippen molar-refractivity contribution in [2.75, 3.05) is 27.2 Å². The van der Waals surface area contributed by atoms with Crippen molar-refractivity contribution in [1.29, 1.82) is 0 Å². The lowest BCUT2D eigenvalue weighted by molar-refractivity contribution is 0.0403. The first-order valence-corrected chi connectivity index (χ1v) is 6.11. The van der Waals surface area contributed by atoms with Crippen LogP contribution in [0.2, 0.25) is 0 Å². The van der Waals surface area contributed by atoms with E-state index >= 15 is 0 Å². The summed E-state index contributed by atoms with van der Waals surface area (Å²) in [4.78, 5) is 2.61. The molecule has 0 amide bonds. The van der Waals surface area contributed by atoms with Gasteiger partial charge in [-0.2, -0.15) is 0 Å². The van der Waals surface area contributed by atoms with Gasteiger partial charge in [-0.3, -0.25) is 0 Å². The molecular weight excluding hydrogens is 172 g/mol. The predicted molar refractivity (Wildman–Crippen MR) is 60.5 cm³/mol. The molecule has 0 radical (unpaired) electrons. The molecule has 0 saturated heterocycles. The summed E-state index contributed by atoms with van der Waals surface area (Å²) in [6.07, 6.45) is 8.64. The molecule has 1 N–H and O–H groups in total. The smallest absolute Gasteiger partial charge is 0.00924 e. The van der Waals surface area contributed by atoms with E-state index in [2.05, 4.69) is 24.3 Å². The summed E-state index contributed by atoms with van der Waals surface area (Å²) in [5.74, 6) is 0. The van der Waals surface area contributed by atoms with Crippen molar-refractivity contribution in [3.8, 4) is 0 Å². The van der Waals surface area contributed by atoms with Crippen LogP contribution in [0.4, 0.5) is 0 Å². The highest BCUT2D eigenvalue weighted by molar-refractivity contribution is 4.93. The van der Waals surface area contributed by atoms with Crippen LogP contribution in [0.3, 0.4) is 0 Å². The van der Waals surface area contributed by atoms with Gasteiger partial charge >= 0.3 is 0 Å². The third-order valence-electron chi connectivity index (χ3n) is 4.25. The van der Waals surface area contributed by atoms with Gasteiger partial charge in [-0.05, 0) is 45.2 Å². The first-order chi connectivity index (χ1) is 6.76. The lowest BCUT2D eigenvalue weighted by Gasteiger charge is -2.47. The van der Waals surface area contributed by atoms with E-state index in [4.69, 9.17) is 0 Å². The van der Waals surface area contributed by atoms with Crippen molar-refractivity contribution in [3.63, 3.8) is 0 Å². The van der Waals surface area contributed by atoms with Crippen LogP contribution in [-0.4, -0.2) is 38.1 Å². The Hall–Kier alpha value is -0.0800. The molecule has 2 heteroatoms. The van der Waals surface area contributed by atoms with E-state index in [1.807, 2.05) is 0 Å². The Kier molecular flexibility index (Phi) is 3.13. The Labute approximate surface area is 88.1 Å². The van der Waals surface area contributed by atoms with E-state index in [1.165, 1.54) is 51.6 Å². The third-order valence-corrected chi connectivity index (χ3v) is 4.25. The molecule has 0 aliphatic heterocycles. The average Bonchev–Trinajstić information content (AvgIpc) is 1.97. The summed E-state index contributed by atoms with van der Waals surface area (Å²) in [6.45, 7) is 2.53. The van der Waals surface area contributed by atoms with Crippen LogP contribution < -0.4 is 5.32 Å². The first-order valence-electron chi connectivity index (χ1n) is 6.11. The highest BCUT2D eigenvalue weighted by Gasteiger charge is 2.38. The molecule has 0 aromatic heterocycles. The van der Waals surface area contributed by atoms with Crippen molar-refractivity contribution in [3.05, 3.63) is 0 Å². The molecule has 2 fully saturated rings. The fourth-order valence-corrected chi connectivity index (χ4v) is 2.93. The summed E-state index contributed by atoms with van der Waals surface area (Å²) in [5.41, 5.74) is 0.624. The standard InChI is InChI=1S/C12H24N2/c1-13-9-12(7-4-8-12)10-14(2)11-5-3-6-11/h11,13H,3-10H2,1-2H3. The summed E-state index contributed by atoms with van der Waals surface area (Å²) in [5, 5.41) is 3.36. The summed E-state index contributed by atoms with van der Waals surface area (Å²) < 4.78 is 0. The monoisotopic (exact) mass is 196 g/mol. The molecule has 2 rings (SSSR count). The molecule has 2 nitrogen and oxygen atoms in total. The number of nitrogens with zero attached hydrogens (tertiary/aromatic N) is 1. The maximum atomic E-state index is 3.36. The Morgan fingerprint density at radius 3 is 2.36 bits per heavy atom. The molecule has 2 saturated carbocycles. The van der Waals surface area contributed by atoms with Crippen LogP contribution in [0.15, 0.2) is 0 Å². The molecule has 0 spiro atoms. The second-order valence-electron chi connectivity index (χ2n) is 5.38. The molecule has 0 bridgehead atoms. The van der Waals surface area contributed by atoms with E-state index in [9.17, 15) is 0 Å². The largest absolute Gasteiger partial charge is 0.319 e.